The standard InChI is InChI=1S/C25H30ClFN2O2S/c1-18(25(31)28-23-5-3-2-4-6-23)29(15-19-7-11-21(26)12-8-19)24(30)17-32-16-20-9-13-22(27)14-10-20/h7-14,18,23H,2-6,15-17H2,1H3,(H,28,31). The quantitative estimate of drug-likeness (QED) is 0.514. The van der Waals surface area contributed by atoms with Gasteiger partial charge in [0.25, 0.3) is 0 Å². The average Bonchev–Trinajstić information content (AvgIpc) is 2.80. The van der Waals surface area contributed by atoms with Crippen LogP contribution in [0.5, 0.6) is 0 Å². The highest BCUT2D eigenvalue weighted by Gasteiger charge is 2.28. The first kappa shape index (κ1) is 24.6. The molecule has 3 rings (SSSR count). The summed E-state index contributed by atoms with van der Waals surface area (Å²) < 4.78 is 13.1. The van der Waals surface area contributed by atoms with Crippen molar-refractivity contribution in [3.05, 3.63) is 70.5 Å². The largest absolute Gasteiger partial charge is 0.352 e. The van der Waals surface area contributed by atoms with Gasteiger partial charge in [0.05, 0.1) is 5.75 Å². The molecular weight excluding hydrogens is 447 g/mol. The van der Waals surface area contributed by atoms with Gasteiger partial charge in [-0.1, -0.05) is 55.1 Å². The molecule has 0 aromatic heterocycles. The number of amides is 2. The monoisotopic (exact) mass is 476 g/mol. The zero-order chi connectivity index (χ0) is 22.9. The van der Waals surface area contributed by atoms with Crippen molar-refractivity contribution >= 4 is 35.2 Å². The molecule has 1 aliphatic rings. The van der Waals surface area contributed by atoms with E-state index in [1.165, 1.54) is 30.3 Å². The lowest BCUT2D eigenvalue weighted by atomic mass is 9.95. The average molecular weight is 477 g/mol. The van der Waals surface area contributed by atoms with Crippen molar-refractivity contribution < 1.29 is 14.0 Å². The van der Waals surface area contributed by atoms with Gasteiger partial charge in [-0.2, -0.15) is 0 Å². The Bertz CT molecular complexity index is 886. The Morgan fingerprint density at radius 2 is 1.69 bits per heavy atom. The molecule has 0 heterocycles. The zero-order valence-electron chi connectivity index (χ0n) is 18.4. The van der Waals surface area contributed by atoms with Crippen molar-refractivity contribution in [2.24, 2.45) is 0 Å². The molecule has 1 unspecified atom stereocenters. The number of nitrogens with zero attached hydrogens (tertiary/aromatic N) is 1. The molecule has 0 radical (unpaired) electrons. The van der Waals surface area contributed by atoms with E-state index in [9.17, 15) is 14.0 Å². The number of carbonyl (C=O) groups is 2. The molecule has 1 N–H and O–H groups in total. The predicted octanol–water partition coefficient (Wildman–Crippen LogP) is 5.58. The van der Waals surface area contributed by atoms with Crippen LogP contribution in [0.1, 0.15) is 50.2 Å². The van der Waals surface area contributed by atoms with Crippen LogP contribution in [0.25, 0.3) is 0 Å². The molecule has 2 aromatic carbocycles. The second kappa shape index (κ2) is 12.3. The number of rotatable bonds is 9. The van der Waals surface area contributed by atoms with E-state index in [0.29, 0.717) is 17.3 Å². The van der Waals surface area contributed by atoms with Gasteiger partial charge in [-0.25, -0.2) is 4.39 Å². The second-order valence-electron chi connectivity index (χ2n) is 8.29. The van der Waals surface area contributed by atoms with Gasteiger partial charge in [-0.15, -0.1) is 11.8 Å². The summed E-state index contributed by atoms with van der Waals surface area (Å²) in [5.74, 6) is 0.359. The van der Waals surface area contributed by atoms with E-state index in [4.69, 9.17) is 11.6 Å². The molecule has 2 aromatic rings. The fraction of sp³-hybridized carbons (Fsp3) is 0.440. The molecular formula is C25H30ClFN2O2S. The Morgan fingerprint density at radius 3 is 2.34 bits per heavy atom. The summed E-state index contributed by atoms with van der Waals surface area (Å²) in [5.41, 5.74) is 1.88. The highest BCUT2D eigenvalue weighted by atomic mass is 35.5. The van der Waals surface area contributed by atoms with E-state index in [-0.39, 0.29) is 29.4 Å². The lowest BCUT2D eigenvalue weighted by molar-refractivity contribution is -0.139. The van der Waals surface area contributed by atoms with Crippen LogP contribution in [0.3, 0.4) is 0 Å². The fourth-order valence-corrected chi connectivity index (χ4v) is 4.85. The summed E-state index contributed by atoms with van der Waals surface area (Å²) in [7, 11) is 0. The molecule has 1 fully saturated rings. The molecule has 2 amide bonds. The summed E-state index contributed by atoms with van der Waals surface area (Å²) in [6.45, 7) is 2.13. The summed E-state index contributed by atoms with van der Waals surface area (Å²) in [5, 5.41) is 3.77. The van der Waals surface area contributed by atoms with E-state index in [0.717, 1.165) is 36.8 Å². The Labute approximate surface area is 198 Å². The minimum Gasteiger partial charge on any atom is -0.352 e. The Kier molecular flexibility index (Phi) is 9.42. The van der Waals surface area contributed by atoms with Gasteiger partial charge in [-0.3, -0.25) is 9.59 Å². The summed E-state index contributed by atoms with van der Waals surface area (Å²) >= 11 is 7.46. The van der Waals surface area contributed by atoms with Gasteiger partial charge in [0.1, 0.15) is 11.9 Å². The molecule has 1 atom stereocenters. The summed E-state index contributed by atoms with van der Waals surface area (Å²) in [4.78, 5) is 27.7. The van der Waals surface area contributed by atoms with Gasteiger partial charge in [0, 0.05) is 23.4 Å². The molecule has 1 aliphatic carbocycles. The van der Waals surface area contributed by atoms with Crippen LogP contribution >= 0.6 is 23.4 Å². The van der Waals surface area contributed by atoms with Crippen LogP contribution in [-0.2, 0) is 21.9 Å². The maximum absolute atomic E-state index is 13.1. The van der Waals surface area contributed by atoms with Crippen LogP contribution in [0, 0.1) is 5.82 Å². The topological polar surface area (TPSA) is 49.4 Å². The molecule has 7 heteroatoms. The highest BCUT2D eigenvalue weighted by Crippen LogP contribution is 2.20. The molecule has 0 bridgehead atoms. The van der Waals surface area contributed by atoms with E-state index in [1.54, 1.807) is 36.1 Å². The minimum absolute atomic E-state index is 0.0987. The third kappa shape index (κ3) is 7.52. The van der Waals surface area contributed by atoms with Crippen LogP contribution in [-0.4, -0.2) is 34.6 Å². The van der Waals surface area contributed by atoms with Gasteiger partial charge >= 0.3 is 0 Å². The number of halogens is 2. The molecule has 0 aliphatic heterocycles. The first-order valence-corrected chi connectivity index (χ1v) is 12.6. The highest BCUT2D eigenvalue weighted by molar-refractivity contribution is 7.99. The molecule has 32 heavy (non-hydrogen) atoms. The maximum atomic E-state index is 13.1. The Balaban J connectivity index is 1.64. The molecule has 1 saturated carbocycles. The molecule has 0 saturated heterocycles. The Morgan fingerprint density at radius 1 is 1.06 bits per heavy atom. The van der Waals surface area contributed by atoms with E-state index in [1.807, 2.05) is 12.1 Å². The number of carbonyl (C=O) groups excluding carboxylic acids is 2. The molecule has 0 spiro atoms. The molecule has 4 nitrogen and oxygen atoms in total. The van der Waals surface area contributed by atoms with Crippen molar-refractivity contribution in [3.8, 4) is 0 Å². The van der Waals surface area contributed by atoms with Crippen LogP contribution in [0.15, 0.2) is 48.5 Å². The normalized spacial score (nSPS) is 15.2. The number of hydrogen-bond donors (Lipinski definition) is 1. The second-order valence-corrected chi connectivity index (χ2v) is 9.71. The van der Waals surface area contributed by atoms with Gasteiger partial charge in [-0.05, 0) is 55.2 Å². The van der Waals surface area contributed by atoms with Gasteiger partial charge < -0.3 is 10.2 Å². The summed E-state index contributed by atoms with van der Waals surface area (Å²) in [6, 6.07) is 13.2. The zero-order valence-corrected chi connectivity index (χ0v) is 19.9. The maximum Gasteiger partial charge on any atom is 0.242 e. The first-order valence-electron chi connectivity index (χ1n) is 11.1. The van der Waals surface area contributed by atoms with Crippen LogP contribution in [0.2, 0.25) is 5.02 Å². The van der Waals surface area contributed by atoms with E-state index in [2.05, 4.69) is 5.32 Å². The fourth-order valence-electron chi connectivity index (χ4n) is 3.86. The minimum atomic E-state index is -0.577. The van der Waals surface area contributed by atoms with E-state index >= 15 is 0 Å². The third-order valence-electron chi connectivity index (χ3n) is 5.79. The Hall–Kier alpha value is -2.05. The van der Waals surface area contributed by atoms with E-state index < -0.39 is 6.04 Å². The molecule has 172 valence electrons. The third-order valence-corrected chi connectivity index (χ3v) is 7.03. The first-order chi connectivity index (χ1) is 15.4. The lowest BCUT2D eigenvalue weighted by Crippen LogP contribution is -2.50. The lowest BCUT2D eigenvalue weighted by Gasteiger charge is -2.31. The predicted molar refractivity (Wildman–Crippen MR) is 129 cm³/mol. The number of nitrogens with one attached hydrogen (secondary N) is 1. The number of benzene rings is 2. The summed E-state index contributed by atoms with van der Waals surface area (Å²) in [6.07, 6.45) is 5.47. The van der Waals surface area contributed by atoms with Crippen molar-refractivity contribution in [2.75, 3.05) is 5.75 Å². The van der Waals surface area contributed by atoms with Crippen molar-refractivity contribution in [1.29, 1.82) is 0 Å². The SMILES string of the molecule is CC(C(=O)NC1CCCCC1)N(Cc1ccc(Cl)cc1)C(=O)CSCc1ccc(F)cc1. The van der Waals surface area contributed by atoms with Crippen LogP contribution < -0.4 is 5.32 Å². The van der Waals surface area contributed by atoms with Crippen LogP contribution in [0.4, 0.5) is 4.39 Å². The van der Waals surface area contributed by atoms with Gasteiger partial charge in [0.2, 0.25) is 11.8 Å². The van der Waals surface area contributed by atoms with Crippen molar-refractivity contribution in [3.63, 3.8) is 0 Å². The smallest absolute Gasteiger partial charge is 0.242 e. The van der Waals surface area contributed by atoms with Gasteiger partial charge in [0.15, 0.2) is 0 Å². The number of thioether (sulfide) groups is 1. The van der Waals surface area contributed by atoms with Crippen molar-refractivity contribution in [2.45, 2.75) is 63.4 Å². The van der Waals surface area contributed by atoms with Crippen molar-refractivity contribution in [1.82, 2.24) is 10.2 Å². The number of hydrogen-bond acceptors (Lipinski definition) is 3.